The quantitative estimate of drug-likeness (QED) is 0.567. The van der Waals surface area contributed by atoms with Crippen LogP contribution in [0.1, 0.15) is 50.0 Å². The fourth-order valence-electron chi connectivity index (χ4n) is 3.94. The van der Waals surface area contributed by atoms with Gasteiger partial charge in [-0.1, -0.05) is 30.3 Å². The average molecular weight is 381 g/mol. The molecule has 150 valence electrons. The predicted molar refractivity (Wildman–Crippen MR) is 113 cm³/mol. The molecular weight excluding hydrogens is 348 g/mol. The van der Waals surface area contributed by atoms with E-state index in [-0.39, 0.29) is 6.04 Å². The number of hydrogen-bond donors (Lipinski definition) is 2. The average Bonchev–Trinajstić information content (AvgIpc) is 3.45. The second-order valence-electron chi connectivity index (χ2n) is 8.02. The fourth-order valence-corrected chi connectivity index (χ4v) is 3.94. The van der Waals surface area contributed by atoms with Crippen LogP contribution < -0.4 is 10.6 Å². The summed E-state index contributed by atoms with van der Waals surface area (Å²) < 4.78 is 5.44. The zero-order chi connectivity index (χ0) is 19.2. The minimum Gasteiger partial charge on any atom is -0.469 e. The van der Waals surface area contributed by atoms with Gasteiger partial charge >= 0.3 is 0 Å². The van der Waals surface area contributed by atoms with E-state index in [9.17, 15) is 0 Å². The number of hydrogen-bond acceptors (Lipinski definition) is 3. The van der Waals surface area contributed by atoms with Crippen LogP contribution in [0.5, 0.6) is 0 Å². The molecule has 0 radical (unpaired) electrons. The zero-order valence-corrected chi connectivity index (χ0v) is 16.8. The number of guanidine groups is 1. The number of furan rings is 1. The lowest BCUT2D eigenvalue weighted by atomic mass is 10.0. The Kier molecular flexibility index (Phi) is 6.32. The third kappa shape index (κ3) is 5.38. The summed E-state index contributed by atoms with van der Waals surface area (Å²) in [6.07, 6.45) is 7.72. The summed E-state index contributed by atoms with van der Waals surface area (Å²) in [5.74, 6) is 1.89. The number of aliphatic imine (C=N–C) groups is 1. The van der Waals surface area contributed by atoms with Crippen LogP contribution >= 0.6 is 0 Å². The van der Waals surface area contributed by atoms with Crippen molar-refractivity contribution in [1.29, 1.82) is 0 Å². The third-order valence-electron chi connectivity index (χ3n) is 5.79. The number of benzene rings is 1. The van der Waals surface area contributed by atoms with Gasteiger partial charge in [0.1, 0.15) is 5.76 Å². The van der Waals surface area contributed by atoms with E-state index in [2.05, 4.69) is 52.8 Å². The molecule has 2 N–H and O–H groups in total. The highest BCUT2D eigenvalue weighted by molar-refractivity contribution is 5.80. The van der Waals surface area contributed by atoms with E-state index in [0.717, 1.165) is 24.2 Å². The minimum absolute atomic E-state index is 0.211. The molecule has 5 heteroatoms. The Hall–Kier alpha value is -2.27. The van der Waals surface area contributed by atoms with Crippen molar-refractivity contribution in [2.45, 2.75) is 57.2 Å². The van der Waals surface area contributed by atoms with Crippen molar-refractivity contribution in [1.82, 2.24) is 15.5 Å². The number of likely N-dealkylation sites (tertiary alicyclic amines) is 1. The van der Waals surface area contributed by atoms with Crippen LogP contribution in [0.3, 0.4) is 0 Å². The molecule has 5 nitrogen and oxygen atoms in total. The standard InChI is InChI=1S/C23H32N4O/c1-18(19-6-3-2-4-7-19)25-23(24-14-11-22-8-5-17-28-22)26-20-12-15-27(16-13-20)21-9-10-21/h2-8,17-18,20-21H,9-16H2,1H3,(H2,24,25,26). The molecule has 2 aromatic rings. The Bertz CT molecular complexity index is 731. The Morgan fingerprint density at radius 2 is 1.89 bits per heavy atom. The van der Waals surface area contributed by atoms with Gasteiger partial charge in [-0.05, 0) is 50.3 Å². The molecule has 1 unspecified atom stereocenters. The summed E-state index contributed by atoms with van der Waals surface area (Å²) in [6.45, 7) is 5.31. The van der Waals surface area contributed by atoms with Crippen molar-refractivity contribution in [2.24, 2.45) is 4.99 Å². The maximum Gasteiger partial charge on any atom is 0.191 e. The SMILES string of the molecule is CC(NC(=NCCc1ccco1)NC1CCN(C2CC2)CC1)c1ccccc1. The molecule has 28 heavy (non-hydrogen) atoms. The topological polar surface area (TPSA) is 52.8 Å². The van der Waals surface area contributed by atoms with Gasteiger partial charge in [-0.15, -0.1) is 0 Å². The molecule has 4 rings (SSSR count). The summed E-state index contributed by atoms with van der Waals surface area (Å²) in [7, 11) is 0. The summed E-state index contributed by atoms with van der Waals surface area (Å²) in [4.78, 5) is 7.50. The largest absolute Gasteiger partial charge is 0.469 e. The number of nitrogens with one attached hydrogen (secondary N) is 2. The molecule has 1 saturated heterocycles. The van der Waals surface area contributed by atoms with Crippen molar-refractivity contribution in [3.63, 3.8) is 0 Å². The van der Waals surface area contributed by atoms with E-state index < -0.39 is 0 Å². The number of nitrogens with zero attached hydrogens (tertiary/aromatic N) is 2. The van der Waals surface area contributed by atoms with Crippen LogP contribution in [0.2, 0.25) is 0 Å². The zero-order valence-electron chi connectivity index (χ0n) is 16.8. The van der Waals surface area contributed by atoms with E-state index in [0.29, 0.717) is 12.6 Å². The van der Waals surface area contributed by atoms with Crippen molar-refractivity contribution >= 4 is 5.96 Å². The maximum absolute atomic E-state index is 5.44. The minimum atomic E-state index is 0.211. The molecule has 0 bridgehead atoms. The highest BCUT2D eigenvalue weighted by Crippen LogP contribution is 2.29. The Morgan fingerprint density at radius 1 is 1.11 bits per heavy atom. The van der Waals surface area contributed by atoms with Crippen LogP contribution in [0.4, 0.5) is 0 Å². The van der Waals surface area contributed by atoms with Crippen LogP contribution in [-0.2, 0) is 6.42 Å². The van der Waals surface area contributed by atoms with Gasteiger partial charge in [-0.25, -0.2) is 0 Å². The summed E-state index contributed by atoms with van der Waals surface area (Å²) in [5, 5.41) is 7.30. The molecule has 1 atom stereocenters. The molecule has 2 heterocycles. The van der Waals surface area contributed by atoms with E-state index in [1.54, 1.807) is 6.26 Å². The first kappa shape index (κ1) is 19.1. The van der Waals surface area contributed by atoms with E-state index in [1.807, 2.05) is 12.1 Å². The monoisotopic (exact) mass is 380 g/mol. The summed E-state index contributed by atoms with van der Waals surface area (Å²) >= 11 is 0. The Labute approximate surface area is 168 Å². The normalized spacial score (nSPS) is 20.1. The first-order valence-corrected chi connectivity index (χ1v) is 10.7. The number of rotatable bonds is 7. The molecule has 0 amide bonds. The van der Waals surface area contributed by atoms with Gasteiger partial charge in [0.25, 0.3) is 0 Å². The van der Waals surface area contributed by atoms with Gasteiger partial charge in [0.2, 0.25) is 0 Å². The molecule has 0 spiro atoms. The van der Waals surface area contributed by atoms with Gasteiger partial charge in [0, 0.05) is 38.1 Å². The van der Waals surface area contributed by atoms with E-state index >= 15 is 0 Å². The van der Waals surface area contributed by atoms with Crippen LogP contribution in [-0.4, -0.2) is 42.6 Å². The lowest BCUT2D eigenvalue weighted by molar-refractivity contribution is 0.197. The summed E-state index contributed by atoms with van der Waals surface area (Å²) in [6, 6.07) is 16.1. The molecule has 2 fully saturated rings. The first-order chi connectivity index (χ1) is 13.8. The maximum atomic E-state index is 5.44. The molecule has 1 aliphatic carbocycles. The highest BCUT2D eigenvalue weighted by Gasteiger charge is 2.32. The molecule has 1 aliphatic heterocycles. The van der Waals surface area contributed by atoms with Crippen LogP contribution in [0.15, 0.2) is 58.1 Å². The lowest BCUT2D eigenvalue weighted by Gasteiger charge is -2.33. The van der Waals surface area contributed by atoms with E-state index in [1.165, 1.54) is 44.3 Å². The molecule has 1 aromatic carbocycles. The first-order valence-electron chi connectivity index (χ1n) is 10.7. The van der Waals surface area contributed by atoms with Crippen LogP contribution in [0.25, 0.3) is 0 Å². The van der Waals surface area contributed by atoms with Gasteiger partial charge in [0.15, 0.2) is 5.96 Å². The fraction of sp³-hybridized carbons (Fsp3) is 0.522. The highest BCUT2D eigenvalue weighted by atomic mass is 16.3. The predicted octanol–water partition coefficient (Wildman–Crippen LogP) is 3.75. The second kappa shape index (κ2) is 9.28. The molecular formula is C23H32N4O. The van der Waals surface area contributed by atoms with Crippen molar-refractivity contribution in [3.8, 4) is 0 Å². The summed E-state index contributed by atoms with van der Waals surface area (Å²) in [5.41, 5.74) is 1.27. The van der Waals surface area contributed by atoms with Gasteiger partial charge in [-0.3, -0.25) is 4.99 Å². The van der Waals surface area contributed by atoms with Crippen LogP contribution in [0, 0.1) is 0 Å². The van der Waals surface area contributed by atoms with E-state index in [4.69, 9.17) is 9.41 Å². The van der Waals surface area contributed by atoms with Gasteiger partial charge in [0.05, 0.1) is 12.3 Å². The third-order valence-corrected chi connectivity index (χ3v) is 5.79. The Balaban J connectivity index is 1.35. The van der Waals surface area contributed by atoms with Gasteiger partial charge < -0.3 is 20.0 Å². The van der Waals surface area contributed by atoms with Gasteiger partial charge in [-0.2, -0.15) is 0 Å². The molecule has 1 aromatic heterocycles. The van der Waals surface area contributed by atoms with Crippen molar-refractivity contribution in [3.05, 3.63) is 60.1 Å². The molecule has 1 saturated carbocycles. The second-order valence-corrected chi connectivity index (χ2v) is 8.02. The lowest BCUT2D eigenvalue weighted by Crippen LogP contribution is -2.49. The van der Waals surface area contributed by atoms with Crippen molar-refractivity contribution in [2.75, 3.05) is 19.6 Å². The van der Waals surface area contributed by atoms with Crippen molar-refractivity contribution < 1.29 is 4.42 Å². The number of piperidine rings is 1. The molecule has 2 aliphatic rings. The Morgan fingerprint density at radius 3 is 2.57 bits per heavy atom. The smallest absolute Gasteiger partial charge is 0.191 e.